The van der Waals surface area contributed by atoms with Gasteiger partial charge in [0.25, 0.3) is 0 Å². The number of nitrogens with one attached hydrogen (secondary N) is 1. The van der Waals surface area contributed by atoms with Gasteiger partial charge in [-0.15, -0.1) is 0 Å². The Morgan fingerprint density at radius 1 is 1.31 bits per heavy atom. The molecule has 0 bridgehead atoms. The zero-order valence-corrected chi connectivity index (χ0v) is 9.87. The molecule has 1 amide bonds. The van der Waals surface area contributed by atoms with Gasteiger partial charge in [0.15, 0.2) is 0 Å². The Kier molecular flexibility index (Phi) is 4.10. The van der Waals surface area contributed by atoms with E-state index in [1.165, 1.54) is 0 Å². The Hall–Kier alpha value is -0.380. The van der Waals surface area contributed by atoms with Crippen LogP contribution in [0.4, 0.5) is 4.79 Å². The first-order valence-corrected chi connectivity index (χ1v) is 4.74. The predicted molar refractivity (Wildman–Crippen MR) is 57.3 cm³/mol. The number of carbonyl (C=O) groups is 1. The van der Waals surface area contributed by atoms with Crippen LogP contribution < -0.4 is 5.32 Å². The summed E-state index contributed by atoms with van der Waals surface area (Å²) in [6.45, 7) is 9.83. The van der Waals surface area contributed by atoms with Gasteiger partial charge >= 0.3 is 6.09 Å². The Morgan fingerprint density at radius 2 is 1.77 bits per heavy atom. The minimum Gasteiger partial charge on any atom is -0.444 e. The normalized spacial score (nSPS) is 12.5. The molecule has 1 N–H and O–H groups in total. The van der Waals surface area contributed by atoms with Crippen LogP contribution >= 0.6 is 12.6 Å². The van der Waals surface area contributed by atoms with Crippen molar-refractivity contribution in [3.8, 4) is 0 Å². The van der Waals surface area contributed by atoms with Gasteiger partial charge in [0.1, 0.15) is 5.60 Å². The molecule has 0 saturated heterocycles. The van der Waals surface area contributed by atoms with Crippen LogP contribution in [0.15, 0.2) is 0 Å². The molecule has 0 atom stereocenters. The summed E-state index contributed by atoms with van der Waals surface area (Å²) in [4.78, 5) is 11.1. The first kappa shape index (κ1) is 12.6. The van der Waals surface area contributed by atoms with E-state index in [9.17, 15) is 4.79 Å². The number of rotatable bonds is 2. The summed E-state index contributed by atoms with van der Waals surface area (Å²) < 4.78 is 4.84. The molecule has 0 aromatic heterocycles. The van der Waals surface area contributed by atoms with Crippen molar-refractivity contribution in [3.63, 3.8) is 0 Å². The molecule has 0 aliphatic heterocycles. The third-order valence-electron chi connectivity index (χ3n) is 1.06. The first-order chi connectivity index (χ1) is 5.60. The number of thiol groups is 1. The molecule has 0 rings (SSSR count). The summed E-state index contributed by atoms with van der Waals surface area (Å²) in [7, 11) is 0. The fraction of sp³-hybridized carbons (Fsp3) is 0.889. The van der Waals surface area contributed by atoms with E-state index >= 15 is 0 Å². The van der Waals surface area contributed by atoms with Gasteiger partial charge in [0.05, 0.1) is 0 Å². The maximum Gasteiger partial charge on any atom is 0.407 e. The van der Waals surface area contributed by atoms with E-state index in [2.05, 4.69) is 17.9 Å². The van der Waals surface area contributed by atoms with Crippen LogP contribution in [0.5, 0.6) is 0 Å². The van der Waals surface area contributed by atoms with Gasteiger partial charge in [-0.25, -0.2) is 4.79 Å². The summed E-state index contributed by atoms with van der Waals surface area (Å²) in [5.41, 5.74) is -0.440. The van der Waals surface area contributed by atoms with Crippen LogP contribution in [0.2, 0.25) is 0 Å². The van der Waals surface area contributed by atoms with Crippen molar-refractivity contribution in [1.82, 2.24) is 5.32 Å². The maximum atomic E-state index is 11.1. The minimum atomic E-state index is -0.440. The number of ether oxygens (including phenoxy) is 1. The Balaban J connectivity index is 3.78. The Labute approximate surface area is 85.6 Å². The van der Waals surface area contributed by atoms with Gasteiger partial charge in [-0.1, -0.05) is 0 Å². The number of amides is 1. The van der Waals surface area contributed by atoms with Gasteiger partial charge < -0.3 is 10.1 Å². The van der Waals surface area contributed by atoms with Gasteiger partial charge in [-0.05, 0) is 34.6 Å². The number of carbonyl (C=O) groups excluding carboxylic acids is 1. The van der Waals surface area contributed by atoms with Gasteiger partial charge in [-0.3, -0.25) is 0 Å². The maximum absolute atomic E-state index is 11.1. The van der Waals surface area contributed by atoms with Crippen LogP contribution in [0.3, 0.4) is 0 Å². The van der Waals surface area contributed by atoms with E-state index in [0.717, 1.165) is 0 Å². The highest BCUT2D eigenvalue weighted by Gasteiger charge is 2.18. The summed E-state index contributed by atoms with van der Waals surface area (Å²) in [6, 6.07) is 0. The minimum absolute atomic E-state index is 0.211. The van der Waals surface area contributed by atoms with Crippen LogP contribution in [-0.2, 0) is 4.74 Å². The lowest BCUT2D eigenvalue weighted by molar-refractivity contribution is 0.0524. The molecule has 78 valence electrons. The molecule has 4 heteroatoms. The molecule has 0 saturated carbocycles. The summed E-state index contributed by atoms with van der Waals surface area (Å²) in [5.74, 6) is 0. The molecular weight excluding hydrogens is 186 g/mol. The van der Waals surface area contributed by atoms with E-state index in [1.807, 2.05) is 34.6 Å². The SMILES string of the molecule is CC(C)(S)CNC(=O)OC(C)(C)C. The van der Waals surface area contributed by atoms with Crippen LogP contribution in [-0.4, -0.2) is 23.0 Å². The predicted octanol–water partition coefficient (Wildman–Crippen LogP) is 2.22. The van der Waals surface area contributed by atoms with Crippen LogP contribution in [0, 0.1) is 0 Å². The topological polar surface area (TPSA) is 38.3 Å². The first-order valence-electron chi connectivity index (χ1n) is 4.29. The van der Waals surface area contributed by atoms with Crippen molar-refractivity contribution < 1.29 is 9.53 Å². The average Bonchev–Trinajstić information content (AvgIpc) is 1.78. The lowest BCUT2D eigenvalue weighted by Gasteiger charge is -2.22. The molecule has 0 radical (unpaired) electrons. The average molecular weight is 205 g/mol. The van der Waals surface area contributed by atoms with Crippen LogP contribution in [0.25, 0.3) is 0 Å². The molecule has 0 aliphatic carbocycles. The quantitative estimate of drug-likeness (QED) is 0.678. The summed E-state index contributed by atoms with van der Waals surface area (Å²) in [5, 5.41) is 2.64. The van der Waals surface area contributed by atoms with Crippen molar-refractivity contribution in [2.75, 3.05) is 6.54 Å². The van der Waals surface area contributed by atoms with Gasteiger partial charge in [-0.2, -0.15) is 12.6 Å². The smallest absolute Gasteiger partial charge is 0.407 e. The van der Waals surface area contributed by atoms with Gasteiger partial charge in [0, 0.05) is 11.3 Å². The molecule has 3 nitrogen and oxygen atoms in total. The van der Waals surface area contributed by atoms with E-state index in [1.54, 1.807) is 0 Å². The van der Waals surface area contributed by atoms with E-state index in [-0.39, 0.29) is 4.75 Å². The van der Waals surface area contributed by atoms with E-state index < -0.39 is 11.7 Å². The molecule has 0 heterocycles. The number of hydrogen-bond donors (Lipinski definition) is 2. The summed E-state index contributed by atoms with van der Waals surface area (Å²) >= 11 is 4.27. The van der Waals surface area contributed by atoms with Crippen LogP contribution in [0.1, 0.15) is 34.6 Å². The Bertz CT molecular complexity index is 179. The molecule has 0 fully saturated rings. The Morgan fingerprint density at radius 3 is 2.08 bits per heavy atom. The zero-order valence-electron chi connectivity index (χ0n) is 8.97. The van der Waals surface area contributed by atoms with Crippen molar-refractivity contribution in [2.24, 2.45) is 0 Å². The van der Waals surface area contributed by atoms with Crippen molar-refractivity contribution in [2.45, 2.75) is 45.0 Å². The third kappa shape index (κ3) is 9.53. The lowest BCUT2D eigenvalue weighted by Crippen LogP contribution is -2.38. The highest BCUT2D eigenvalue weighted by atomic mass is 32.1. The van der Waals surface area contributed by atoms with Crippen molar-refractivity contribution in [3.05, 3.63) is 0 Å². The largest absolute Gasteiger partial charge is 0.444 e. The number of alkyl carbamates (subject to hydrolysis) is 1. The fourth-order valence-electron chi connectivity index (χ4n) is 0.603. The number of hydrogen-bond acceptors (Lipinski definition) is 3. The molecular formula is C9H19NO2S. The second-order valence-electron chi connectivity index (χ2n) is 4.67. The molecule has 13 heavy (non-hydrogen) atoms. The monoisotopic (exact) mass is 205 g/mol. The third-order valence-corrected chi connectivity index (χ3v) is 1.22. The highest BCUT2D eigenvalue weighted by Crippen LogP contribution is 2.10. The highest BCUT2D eigenvalue weighted by molar-refractivity contribution is 7.81. The second-order valence-corrected chi connectivity index (χ2v) is 5.88. The molecule has 0 aliphatic rings. The second kappa shape index (κ2) is 4.22. The van der Waals surface area contributed by atoms with Crippen molar-refractivity contribution >= 4 is 18.7 Å². The zero-order chi connectivity index (χ0) is 10.7. The molecule has 0 unspecified atom stereocenters. The lowest BCUT2D eigenvalue weighted by atomic mass is 10.2. The van der Waals surface area contributed by atoms with E-state index in [0.29, 0.717) is 6.54 Å². The van der Waals surface area contributed by atoms with E-state index in [4.69, 9.17) is 4.74 Å². The van der Waals surface area contributed by atoms with Gasteiger partial charge in [0.2, 0.25) is 0 Å². The molecule has 0 spiro atoms. The summed E-state index contributed by atoms with van der Waals surface area (Å²) in [6.07, 6.45) is -0.394. The standard InChI is InChI=1S/C9H19NO2S/c1-8(2,3)12-7(11)10-6-9(4,5)13/h13H,6H2,1-5H3,(H,10,11). The molecule has 0 aromatic rings. The fourth-order valence-corrected chi connectivity index (χ4v) is 0.682. The molecule has 0 aromatic carbocycles. The van der Waals surface area contributed by atoms with Crippen molar-refractivity contribution in [1.29, 1.82) is 0 Å².